The van der Waals surface area contributed by atoms with E-state index in [1.54, 1.807) is 7.05 Å². The number of ether oxygens (including phenoxy) is 2. The van der Waals surface area contributed by atoms with E-state index < -0.39 is 49.3 Å². The normalized spacial score (nSPS) is 24.7. The SMILES string of the molecule is CNC(CCC(=O)O)C(=O)NCCCCCCOC1OC(CO)C(O)C(O)C1[NH-].[Ac].[Ac].[Ac].[Ac]. The minimum absolute atomic E-state index is 0. The number of hydrogen-bond donors (Lipinski definition) is 6. The maximum atomic E-state index is 12.0. The predicted molar refractivity (Wildman–Crippen MR) is 103 cm³/mol. The molecule has 0 aromatic carbocycles. The summed E-state index contributed by atoms with van der Waals surface area (Å²) in [5.41, 5.74) is 7.83. The number of likely N-dealkylation sites (N-methyl/N-ethyl adjacent to an activating group) is 1. The minimum Gasteiger partial charge on any atom is -0.668 e. The van der Waals surface area contributed by atoms with E-state index >= 15 is 0 Å². The van der Waals surface area contributed by atoms with Gasteiger partial charge in [-0.05, 0) is 26.3 Å². The van der Waals surface area contributed by atoms with Crippen LogP contribution in [-0.4, -0.2) is 95.8 Å². The topological polar surface area (TPSA) is 181 Å². The first-order valence-electron chi connectivity index (χ1n) is 9.93. The zero-order valence-corrected chi connectivity index (χ0v) is 38.0. The Morgan fingerprint density at radius 2 is 1.67 bits per heavy atom. The molecule has 11 nitrogen and oxygen atoms in total. The zero-order chi connectivity index (χ0) is 21.8. The number of amides is 1. The number of aliphatic carboxylic acids is 1. The molecule has 0 aromatic rings. The van der Waals surface area contributed by atoms with E-state index in [-0.39, 0.29) is 195 Å². The smallest absolute Gasteiger partial charge is 0.303 e. The number of nitrogens with one attached hydrogen (secondary N) is 3. The van der Waals surface area contributed by atoms with Gasteiger partial charge in [-0.2, -0.15) is 0 Å². The molecule has 4 radical (unpaired) electrons. The van der Waals surface area contributed by atoms with Crippen LogP contribution in [0.2, 0.25) is 0 Å². The second-order valence-electron chi connectivity index (χ2n) is 7.08. The van der Waals surface area contributed by atoms with Crippen molar-refractivity contribution in [1.29, 1.82) is 0 Å². The van der Waals surface area contributed by atoms with Crippen molar-refractivity contribution < 1.29 is 216 Å². The van der Waals surface area contributed by atoms with E-state index in [4.69, 9.17) is 25.4 Å². The Bertz CT molecular complexity index is 511. The van der Waals surface area contributed by atoms with Crippen LogP contribution < -0.4 is 10.6 Å². The zero-order valence-electron chi connectivity index (χ0n) is 19.1. The van der Waals surface area contributed by atoms with Crippen molar-refractivity contribution in [2.75, 3.05) is 26.8 Å². The first kappa shape index (κ1) is 44.4. The minimum atomic E-state index is -1.34. The number of aliphatic hydroxyl groups excluding tert-OH is 3. The third-order valence-corrected chi connectivity index (χ3v) is 4.85. The van der Waals surface area contributed by atoms with Gasteiger partial charge in [-0.3, -0.25) is 9.59 Å². The van der Waals surface area contributed by atoms with Gasteiger partial charge in [0.25, 0.3) is 0 Å². The molecule has 15 heteroatoms. The number of aliphatic hydroxyl groups is 3. The molecule has 182 valence electrons. The molecule has 0 bridgehead atoms. The van der Waals surface area contributed by atoms with E-state index in [1.165, 1.54) is 0 Å². The summed E-state index contributed by atoms with van der Waals surface area (Å²) in [6.07, 6.45) is -1.34. The molecule has 1 aliphatic heterocycles. The third kappa shape index (κ3) is 18.4. The van der Waals surface area contributed by atoms with Gasteiger partial charge in [-0.15, -0.1) is 0 Å². The van der Waals surface area contributed by atoms with Crippen molar-refractivity contribution in [3.63, 3.8) is 0 Å². The second kappa shape index (κ2) is 26.6. The summed E-state index contributed by atoms with van der Waals surface area (Å²) < 4.78 is 10.8. The predicted octanol–water partition coefficient (Wildman–Crippen LogP) is -1.01. The number of unbranched alkanes of at least 4 members (excludes halogenated alkanes) is 3. The molecular weight excluding hydrogens is 1290 g/mol. The standard InChI is InChI=1S/C18H34N3O8.4Ac/c1-20-11(6-7-13(23)24)17(27)21-8-4-2-3-5-9-28-18-14(19)16(26)15(25)12(10-22)29-18;;;;/h11-12,14-16,18-20,22,25-26H,2-10H2,1H3,(H,21,27)(H,23,24);;;;/q-1;;;;. The van der Waals surface area contributed by atoms with Crippen LogP contribution in [0.1, 0.15) is 38.5 Å². The average Bonchev–Trinajstić information content (AvgIpc) is 2.69. The van der Waals surface area contributed by atoms with Crippen LogP contribution in [-0.2, 0) is 19.1 Å². The van der Waals surface area contributed by atoms with Gasteiger partial charge < -0.3 is 46.3 Å². The fourth-order valence-electron chi connectivity index (χ4n) is 3.01. The van der Waals surface area contributed by atoms with Crippen molar-refractivity contribution in [3.8, 4) is 0 Å². The molecule has 1 fully saturated rings. The molecule has 1 aliphatic rings. The molecule has 6 unspecified atom stereocenters. The molecule has 1 saturated heterocycles. The van der Waals surface area contributed by atoms with Crippen molar-refractivity contribution >= 4 is 11.9 Å². The van der Waals surface area contributed by atoms with Crippen LogP contribution in [0.25, 0.3) is 5.73 Å². The first-order chi connectivity index (χ1) is 13.8. The molecule has 33 heavy (non-hydrogen) atoms. The molecule has 1 rings (SSSR count). The van der Waals surface area contributed by atoms with Crippen LogP contribution in [0.4, 0.5) is 0 Å². The summed E-state index contributed by atoms with van der Waals surface area (Å²) in [6, 6.07) is -1.67. The Balaban J connectivity index is -0.00000105. The molecule has 1 heterocycles. The Morgan fingerprint density at radius 1 is 1.06 bits per heavy atom. The van der Waals surface area contributed by atoms with Gasteiger partial charge in [-0.1, -0.05) is 18.9 Å². The number of carbonyl (C=O) groups is 2. The monoisotopic (exact) mass is 1330 g/mol. The summed E-state index contributed by atoms with van der Waals surface area (Å²) in [7, 11) is 1.62. The van der Waals surface area contributed by atoms with E-state index in [1.807, 2.05) is 0 Å². The Morgan fingerprint density at radius 3 is 2.21 bits per heavy atom. The second-order valence-corrected chi connectivity index (χ2v) is 7.08. The Labute approximate surface area is 338 Å². The molecule has 0 spiro atoms. The molecule has 0 saturated carbocycles. The van der Waals surface area contributed by atoms with E-state index in [0.717, 1.165) is 19.3 Å². The van der Waals surface area contributed by atoms with Crippen LogP contribution in [0.3, 0.4) is 0 Å². The summed E-state index contributed by atoms with van der Waals surface area (Å²) in [4.78, 5) is 22.5. The Hall–Kier alpha value is 4.43. The summed E-state index contributed by atoms with van der Waals surface area (Å²) in [6.45, 7) is 0.333. The van der Waals surface area contributed by atoms with Crippen LogP contribution in [0, 0.1) is 176 Å². The fourth-order valence-corrected chi connectivity index (χ4v) is 3.01. The summed E-state index contributed by atoms with van der Waals surface area (Å²) in [5.74, 6) is -1.15. The number of rotatable bonds is 14. The average molecular weight is 1330 g/mol. The third-order valence-electron chi connectivity index (χ3n) is 4.85. The van der Waals surface area contributed by atoms with E-state index in [2.05, 4.69) is 10.6 Å². The van der Waals surface area contributed by atoms with Gasteiger partial charge in [0.2, 0.25) is 5.91 Å². The quantitative estimate of drug-likeness (QED) is 0.119. The fraction of sp³-hybridized carbons (Fsp3) is 0.889. The molecule has 6 atom stereocenters. The van der Waals surface area contributed by atoms with Gasteiger partial charge in [0.1, 0.15) is 18.5 Å². The maximum absolute atomic E-state index is 12.0. The van der Waals surface area contributed by atoms with Crippen molar-refractivity contribution in [2.45, 2.75) is 75.2 Å². The van der Waals surface area contributed by atoms with E-state index in [9.17, 15) is 19.8 Å². The van der Waals surface area contributed by atoms with Crippen LogP contribution >= 0.6 is 0 Å². The molecule has 0 aromatic heterocycles. The molecule has 0 aliphatic carbocycles. The van der Waals surface area contributed by atoms with E-state index in [0.29, 0.717) is 19.6 Å². The first-order valence-corrected chi connectivity index (χ1v) is 9.93. The number of carbonyl (C=O) groups excluding carboxylic acids is 1. The van der Waals surface area contributed by atoms with Crippen molar-refractivity contribution in [3.05, 3.63) is 5.73 Å². The van der Waals surface area contributed by atoms with Gasteiger partial charge in [-0.25, -0.2) is 0 Å². The van der Waals surface area contributed by atoms with Gasteiger partial charge in [0, 0.05) is 196 Å². The summed E-state index contributed by atoms with van der Waals surface area (Å²) >= 11 is 0. The van der Waals surface area contributed by atoms with Gasteiger partial charge in [0.05, 0.1) is 18.8 Å². The van der Waals surface area contributed by atoms with Crippen molar-refractivity contribution in [1.82, 2.24) is 10.6 Å². The number of hydrogen-bond acceptors (Lipinski definition) is 8. The summed E-state index contributed by atoms with van der Waals surface area (Å²) in [5, 5.41) is 42.9. The van der Waals surface area contributed by atoms with Crippen molar-refractivity contribution in [2.24, 2.45) is 0 Å². The molecule has 7 N–H and O–H groups in total. The molecule has 1 amide bonds. The number of carboxylic acid groups (broad SMARTS) is 1. The van der Waals surface area contributed by atoms with Crippen LogP contribution in [0.5, 0.6) is 0 Å². The largest absolute Gasteiger partial charge is 0.668 e. The Kier molecular flexibility index (Phi) is 35.9. The molecular formula is C18H34Ac4N3O8-. The van der Waals surface area contributed by atoms with Crippen LogP contribution in [0.15, 0.2) is 0 Å². The maximum Gasteiger partial charge on any atom is 0.303 e. The number of carboxylic acids is 1. The van der Waals surface area contributed by atoms with Gasteiger partial charge in [0.15, 0.2) is 0 Å². The van der Waals surface area contributed by atoms with Gasteiger partial charge >= 0.3 is 5.97 Å².